The van der Waals surface area contributed by atoms with Gasteiger partial charge >= 0.3 is 5.97 Å². The van der Waals surface area contributed by atoms with Crippen LogP contribution in [-0.2, 0) is 16.0 Å². The van der Waals surface area contributed by atoms with Crippen LogP contribution in [0.5, 0.6) is 0 Å². The molecule has 0 atom stereocenters. The number of carbonyl (C=O) groups is 1. The monoisotopic (exact) mass is 214 g/mol. The lowest BCUT2D eigenvalue weighted by Crippen LogP contribution is -2.05. The Morgan fingerprint density at radius 1 is 1.31 bits per heavy atom. The van der Waals surface area contributed by atoms with Crippen LogP contribution in [0.3, 0.4) is 0 Å². The zero-order valence-corrected chi connectivity index (χ0v) is 9.27. The van der Waals surface area contributed by atoms with Crippen molar-refractivity contribution in [3.05, 3.63) is 53.1 Å². The summed E-state index contributed by atoms with van der Waals surface area (Å²) in [4.78, 5) is 11.6. The van der Waals surface area contributed by atoms with Crippen LogP contribution in [0.4, 0.5) is 0 Å². The van der Waals surface area contributed by atoms with E-state index in [0.29, 0.717) is 12.2 Å². The minimum atomic E-state index is -0.244. The second-order valence-corrected chi connectivity index (χ2v) is 3.62. The first-order chi connectivity index (χ1) is 7.81. The first-order valence-corrected chi connectivity index (χ1v) is 5.44. The van der Waals surface area contributed by atoms with Crippen molar-refractivity contribution < 1.29 is 9.53 Å². The zero-order chi connectivity index (χ0) is 11.4. The molecule has 2 heteroatoms. The molecule has 1 aromatic carbocycles. The van der Waals surface area contributed by atoms with Crippen LogP contribution in [0.1, 0.15) is 18.1 Å². The van der Waals surface area contributed by atoms with Gasteiger partial charge < -0.3 is 4.74 Å². The van der Waals surface area contributed by atoms with E-state index in [1.54, 1.807) is 0 Å². The lowest BCUT2D eigenvalue weighted by Gasteiger charge is -2.00. The number of esters is 1. The van der Waals surface area contributed by atoms with Crippen LogP contribution in [0.25, 0.3) is 6.08 Å². The number of benzene rings is 1. The van der Waals surface area contributed by atoms with Crippen molar-refractivity contribution in [2.75, 3.05) is 6.61 Å². The van der Waals surface area contributed by atoms with Crippen molar-refractivity contribution >= 4 is 12.0 Å². The molecule has 0 N–H and O–H groups in total. The molecule has 2 nitrogen and oxygen atoms in total. The molecule has 0 amide bonds. The van der Waals surface area contributed by atoms with Crippen molar-refractivity contribution in [2.45, 2.75) is 13.3 Å². The largest absolute Gasteiger partial charge is 0.462 e. The highest BCUT2D eigenvalue weighted by Crippen LogP contribution is 2.18. The second-order valence-electron chi connectivity index (χ2n) is 3.62. The third kappa shape index (κ3) is 2.22. The Bertz CT molecular complexity index is 456. The molecule has 2 rings (SSSR count). The number of rotatable bonds is 2. The molecular formula is C14H14O2. The third-order valence-corrected chi connectivity index (χ3v) is 2.55. The van der Waals surface area contributed by atoms with Crippen LogP contribution < -0.4 is 0 Å². The fourth-order valence-electron chi connectivity index (χ4n) is 1.72. The maximum absolute atomic E-state index is 11.6. The maximum atomic E-state index is 11.6. The van der Waals surface area contributed by atoms with Crippen molar-refractivity contribution in [2.24, 2.45) is 0 Å². The Kier molecular flexibility index (Phi) is 3.20. The molecule has 0 bridgehead atoms. The van der Waals surface area contributed by atoms with E-state index in [1.807, 2.05) is 43.4 Å². The average Bonchev–Trinajstić information content (AvgIpc) is 2.51. The summed E-state index contributed by atoms with van der Waals surface area (Å²) in [7, 11) is 0. The van der Waals surface area contributed by atoms with Gasteiger partial charge in [-0.1, -0.05) is 36.4 Å². The van der Waals surface area contributed by atoms with Crippen molar-refractivity contribution in [1.82, 2.24) is 0 Å². The van der Waals surface area contributed by atoms with Gasteiger partial charge in [0.05, 0.1) is 12.2 Å². The first-order valence-electron chi connectivity index (χ1n) is 5.44. The van der Waals surface area contributed by atoms with E-state index in [1.165, 1.54) is 5.56 Å². The van der Waals surface area contributed by atoms with Gasteiger partial charge in [0, 0.05) is 0 Å². The number of hydrogen-bond acceptors (Lipinski definition) is 2. The van der Waals surface area contributed by atoms with Gasteiger partial charge in [-0.2, -0.15) is 0 Å². The Morgan fingerprint density at radius 3 is 2.94 bits per heavy atom. The van der Waals surface area contributed by atoms with Crippen LogP contribution in [-0.4, -0.2) is 12.6 Å². The summed E-state index contributed by atoms with van der Waals surface area (Å²) < 4.78 is 4.98. The highest BCUT2D eigenvalue weighted by atomic mass is 16.5. The molecule has 1 aliphatic carbocycles. The molecule has 0 radical (unpaired) electrons. The molecule has 16 heavy (non-hydrogen) atoms. The van der Waals surface area contributed by atoms with Gasteiger partial charge in [0.25, 0.3) is 0 Å². The molecule has 0 fully saturated rings. The predicted molar refractivity (Wildman–Crippen MR) is 63.9 cm³/mol. The van der Waals surface area contributed by atoms with E-state index in [2.05, 4.69) is 6.07 Å². The molecule has 0 aromatic heterocycles. The Labute approximate surface area is 95.2 Å². The predicted octanol–water partition coefficient (Wildman–Crippen LogP) is 2.75. The van der Waals surface area contributed by atoms with E-state index in [-0.39, 0.29) is 5.97 Å². The van der Waals surface area contributed by atoms with Crippen molar-refractivity contribution in [3.8, 4) is 0 Å². The number of fused-ring (bicyclic) bond motifs is 1. The van der Waals surface area contributed by atoms with Gasteiger partial charge in [0.1, 0.15) is 0 Å². The number of carbonyl (C=O) groups excluding carboxylic acids is 1. The number of ether oxygens (including phenoxy) is 1. The molecule has 1 aliphatic rings. The molecule has 0 saturated carbocycles. The van der Waals surface area contributed by atoms with Crippen LogP contribution in [0.2, 0.25) is 0 Å². The minimum absolute atomic E-state index is 0.244. The normalized spacial score (nSPS) is 13.7. The highest BCUT2D eigenvalue weighted by molar-refractivity contribution is 5.93. The first kappa shape index (κ1) is 10.7. The van der Waals surface area contributed by atoms with Gasteiger partial charge in [-0.05, 0) is 30.5 Å². The van der Waals surface area contributed by atoms with Gasteiger partial charge in [-0.25, -0.2) is 4.79 Å². The van der Waals surface area contributed by atoms with Crippen LogP contribution in [0, 0.1) is 0 Å². The van der Waals surface area contributed by atoms with E-state index < -0.39 is 0 Å². The Balaban J connectivity index is 2.24. The van der Waals surface area contributed by atoms with E-state index >= 15 is 0 Å². The lowest BCUT2D eigenvalue weighted by molar-refractivity contribution is -0.138. The quantitative estimate of drug-likeness (QED) is 0.707. The van der Waals surface area contributed by atoms with Gasteiger partial charge in [-0.3, -0.25) is 0 Å². The van der Waals surface area contributed by atoms with E-state index in [9.17, 15) is 4.79 Å². The molecular weight excluding hydrogens is 200 g/mol. The summed E-state index contributed by atoms with van der Waals surface area (Å²) in [5.41, 5.74) is 3.04. The van der Waals surface area contributed by atoms with Crippen LogP contribution in [0.15, 0.2) is 42.0 Å². The molecule has 1 aromatic rings. The minimum Gasteiger partial charge on any atom is -0.462 e. The van der Waals surface area contributed by atoms with Gasteiger partial charge in [0.15, 0.2) is 0 Å². The van der Waals surface area contributed by atoms with E-state index in [4.69, 9.17) is 4.74 Å². The fraction of sp³-hybridized carbons (Fsp3) is 0.214. The molecule has 0 unspecified atom stereocenters. The average molecular weight is 214 g/mol. The molecule has 0 aliphatic heterocycles. The fourth-order valence-corrected chi connectivity index (χ4v) is 1.72. The lowest BCUT2D eigenvalue weighted by atomic mass is 10.1. The number of hydrogen-bond donors (Lipinski definition) is 0. The van der Waals surface area contributed by atoms with Crippen molar-refractivity contribution in [3.63, 3.8) is 0 Å². The summed E-state index contributed by atoms with van der Waals surface area (Å²) in [6, 6.07) is 8.13. The molecule has 82 valence electrons. The molecule has 0 spiro atoms. The summed E-state index contributed by atoms with van der Waals surface area (Å²) in [6.07, 6.45) is 6.48. The summed E-state index contributed by atoms with van der Waals surface area (Å²) in [5, 5.41) is 0. The summed E-state index contributed by atoms with van der Waals surface area (Å²) in [6.45, 7) is 2.23. The Morgan fingerprint density at radius 2 is 2.12 bits per heavy atom. The molecule has 0 saturated heterocycles. The standard InChI is InChI=1S/C14H14O2/c1-2-16-14(15)13-9-7-11-5-3-4-6-12(11)8-10-13/h3-7,9-10H,2,8H2,1H3. The third-order valence-electron chi connectivity index (χ3n) is 2.55. The second kappa shape index (κ2) is 4.79. The Hall–Kier alpha value is -1.83. The zero-order valence-electron chi connectivity index (χ0n) is 9.27. The smallest absolute Gasteiger partial charge is 0.337 e. The van der Waals surface area contributed by atoms with Crippen molar-refractivity contribution in [1.29, 1.82) is 0 Å². The number of allylic oxidation sites excluding steroid dienone is 1. The van der Waals surface area contributed by atoms with E-state index in [0.717, 1.165) is 12.0 Å². The topological polar surface area (TPSA) is 26.3 Å². The molecule has 0 heterocycles. The maximum Gasteiger partial charge on any atom is 0.337 e. The highest BCUT2D eigenvalue weighted by Gasteiger charge is 2.10. The van der Waals surface area contributed by atoms with Crippen LogP contribution >= 0.6 is 0 Å². The SMILES string of the molecule is CCOC(=O)C1=CCc2ccccc2C=C1. The summed E-state index contributed by atoms with van der Waals surface area (Å²) >= 11 is 0. The van der Waals surface area contributed by atoms with Gasteiger partial charge in [0.2, 0.25) is 0 Å². The summed E-state index contributed by atoms with van der Waals surface area (Å²) in [5.74, 6) is -0.244. The van der Waals surface area contributed by atoms with Gasteiger partial charge in [-0.15, -0.1) is 0 Å².